The van der Waals surface area contributed by atoms with Crippen LogP contribution in [0.1, 0.15) is 10.4 Å². The maximum absolute atomic E-state index is 12.2. The van der Waals surface area contributed by atoms with Crippen LogP contribution in [0.2, 0.25) is 0 Å². The molecular formula is C16H12N2O3. The van der Waals surface area contributed by atoms with E-state index in [0.29, 0.717) is 16.5 Å². The summed E-state index contributed by atoms with van der Waals surface area (Å²) in [6, 6.07) is 11.6. The molecule has 0 atom stereocenters. The van der Waals surface area contributed by atoms with Crippen molar-refractivity contribution in [2.45, 2.75) is 0 Å². The lowest BCUT2D eigenvalue weighted by Crippen LogP contribution is -2.20. The van der Waals surface area contributed by atoms with Crippen LogP contribution in [-0.2, 0) is 0 Å². The number of hydrogen-bond acceptors (Lipinski definition) is 3. The molecule has 104 valence electrons. The van der Waals surface area contributed by atoms with Gasteiger partial charge < -0.3 is 15.4 Å². The summed E-state index contributed by atoms with van der Waals surface area (Å²) in [4.78, 5) is 26.5. The van der Waals surface area contributed by atoms with Gasteiger partial charge in [0.2, 0.25) is 0 Å². The lowest BCUT2D eigenvalue weighted by Gasteiger charge is -2.09. The minimum absolute atomic E-state index is 0.0367. The van der Waals surface area contributed by atoms with E-state index in [1.165, 1.54) is 18.5 Å². The Morgan fingerprint density at radius 1 is 1.05 bits per heavy atom. The monoisotopic (exact) mass is 280 g/mol. The summed E-state index contributed by atoms with van der Waals surface area (Å²) in [6.45, 7) is 0. The van der Waals surface area contributed by atoms with E-state index in [-0.39, 0.29) is 16.7 Å². The first-order valence-electron chi connectivity index (χ1n) is 6.36. The SMILES string of the molecule is O=C(Nc1cccc2c(O)cccc12)c1c[nH]ccc1=O. The van der Waals surface area contributed by atoms with Gasteiger partial charge in [-0.25, -0.2) is 0 Å². The lowest BCUT2D eigenvalue weighted by molar-refractivity contribution is 0.102. The van der Waals surface area contributed by atoms with Crippen LogP contribution in [0.3, 0.4) is 0 Å². The third kappa shape index (κ3) is 2.36. The molecule has 3 rings (SSSR count). The average molecular weight is 280 g/mol. The number of benzene rings is 2. The van der Waals surface area contributed by atoms with Crippen molar-refractivity contribution in [2.24, 2.45) is 0 Å². The molecule has 0 saturated carbocycles. The number of amides is 1. The fraction of sp³-hybridized carbons (Fsp3) is 0. The summed E-state index contributed by atoms with van der Waals surface area (Å²) in [7, 11) is 0. The fourth-order valence-corrected chi connectivity index (χ4v) is 2.19. The molecule has 1 aromatic heterocycles. The maximum Gasteiger partial charge on any atom is 0.261 e. The van der Waals surface area contributed by atoms with E-state index in [4.69, 9.17) is 0 Å². The van der Waals surface area contributed by atoms with Crippen LogP contribution in [-0.4, -0.2) is 16.0 Å². The predicted molar refractivity (Wildman–Crippen MR) is 80.6 cm³/mol. The van der Waals surface area contributed by atoms with Crippen molar-refractivity contribution in [1.82, 2.24) is 4.98 Å². The van der Waals surface area contributed by atoms with Gasteiger partial charge in [0.05, 0.1) is 0 Å². The number of phenolic OH excluding ortho intramolecular Hbond substituents is 1. The topological polar surface area (TPSA) is 82.2 Å². The van der Waals surface area contributed by atoms with E-state index in [1.54, 1.807) is 36.4 Å². The van der Waals surface area contributed by atoms with Crippen LogP contribution < -0.4 is 10.7 Å². The van der Waals surface area contributed by atoms with Crippen molar-refractivity contribution in [3.8, 4) is 5.75 Å². The highest BCUT2D eigenvalue weighted by Gasteiger charge is 2.12. The minimum Gasteiger partial charge on any atom is -0.507 e. The standard InChI is InChI=1S/C16H12N2O3/c19-14-6-2-3-10-11(14)4-1-5-13(10)18-16(21)12-9-17-8-7-15(12)20/h1-9,19H,(H,17,20)(H,18,21). The lowest BCUT2D eigenvalue weighted by atomic mass is 10.1. The fourth-order valence-electron chi connectivity index (χ4n) is 2.19. The number of aromatic amines is 1. The highest BCUT2D eigenvalue weighted by molar-refractivity contribution is 6.09. The molecule has 3 aromatic rings. The van der Waals surface area contributed by atoms with Gasteiger partial charge in [-0.05, 0) is 12.1 Å². The number of fused-ring (bicyclic) bond motifs is 1. The van der Waals surface area contributed by atoms with Gasteiger partial charge in [-0.2, -0.15) is 0 Å². The van der Waals surface area contributed by atoms with E-state index in [9.17, 15) is 14.7 Å². The Hall–Kier alpha value is -3.08. The van der Waals surface area contributed by atoms with Gasteiger partial charge >= 0.3 is 0 Å². The Balaban J connectivity index is 2.03. The summed E-state index contributed by atoms with van der Waals surface area (Å²) in [5, 5.41) is 13.9. The Kier molecular flexibility index (Phi) is 3.16. The molecule has 0 spiro atoms. The summed E-state index contributed by atoms with van der Waals surface area (Å²) in [6.07, 6.45) is 2.83. The number of rotatable bonds is 2. The zero-order chi connectivity index (χ0) is 14.8. The van der Waals surface area contributed by atoms with Crippen LogP contribution in [0.15, 0.2) is 59.7 Å². The van der Waals surface area contributed by atoms with Crippen molar-refractivity contribution in [2.75, 3.05) is 5.32 Å². The second-order valence-corrected chi connectivity index (χ2v) is 4.55. The van der Waals surface area contributed by atoms with Crippen molar-refractivity contribution in [3.63, 3.8) is 0 Å². The molecule has 5 nitrogen and oxygen atoms in total. The van der Waals surface area contributed by atoms with Crippen LogP contribution in [0.25, 0.3) is 10.8 Å². The highest BCUT2D eigenvalue weighted by Crippen LogP contribution is 2.29. The second-order valence-electron chi connectivity index (χ2n) is 4.55. The molecule has 1 amide bonds. The molecule has 0 fully saturated rings. The molecule has 0 saturated heterocycles. The molecular weight excluding hydrogens is 268 g/mol. The van der Waals surface area contributed by atoms with Crippen molar-refractivity contribution in [1.29, 1.82) is 0 Å². The van der Waals surface area contributed by atoms with E-state index in [0.717, 1.165) is 0 Å². The predicted octanol–water partition coefficient (Wildman–Crippen LogP) is 2.49. The van der Waals surface area contributed by atoms with E-state index in [1.807, 2.05) is 0 Å². The van der Waals surface area contributed by atoms with Gasteiger partial charge in [0.15, 0.2) is 5.43 Å². The number of pyridine rings is 1. The molecule has 5 heteroatoms. The highest BCUT2D eigenvalue weighted by atomic mass is 16.3. The normalized spacial score (nSPS) is 10.5. The first-order valence-corrected chi connectivity index (χ1v) is 6.36. The molecule has 1 heterocycles. The van der Waals surface area contributed by atoms with Gasteiger partial charge in [-0.3, -0.25) is 9.59 Å². The van der Waals surface area contributed by atoms with E-state index in [2.05, 4.69) is 10.3 Å². The number of aromatic nitrogens is 1. The number of anilines is 1. The van der Waals surface area contributed by atoms with Crippen molar-refractivity contribution < 1.29 is 9.90 Å². The number of aromatic hydroxyl groups is 1. The van der Waals surface area contributed by atoms with Crippen molar-refractivity contribution in [3.05, 3.63) is 70.6 Å². The molecule has 0 radical (unpaired) electrons. The number of hydrogen-bond donors (Lipinski definition) is 3. The Bertz CT molecular complexity index is 884. The Labute approximate surface area is 119 Å². The molecule has 0 bridgehead atoms. The number of nitrogens with one attached hydrogen (secondary N) is 2. The zero-order valence-corrected chi connectivity index (χ0v) is 11.0. The van der Waals surface area contributed by atoms with Gasteiger partial charge in [0.25, 0.3) is 5.91 Å². The van der Waals surface area contributed by atoms with Crippen LogP contribution in [0, 0.1) is 0 Å². The zero-order valence-electron chi connectivity index (χ0n) is 11.0. The third-order valence-corrected chi connectivity index (χ3v) is 3.22. The smallest absolute Gasteiger partial charge is 0.261 e. The van der Waals surface area contributed by atoms with Gasteiger partial charge in [0.1, 0.15) is 11.3 Å². The first kappa shape index (κ1) is 12.9. The summed E-state index contributed by atoms with van der Waals surface area (Å²) < 4.78 is 0. The molecule has 0 aliphatic carbocycles. The Morgan fingerprint density at radius 3 is 2.62 bits per heavy atom. The molecule has 0 unspecified atom stereocenters. The van der Waals surface area contributed by atoms with Crippen LogP contribution >= 0.6 is 0 Å². The number of carbonyl (C=O) groups is 1. The summed E-state index contributed by atoms with van der Waals surface area (Å²) in [5.74, 6) is -0.353. The van der Waals surface area contributed by atoms with Gasteiger partial charge in [-0.1, -0.05) is 24.3 Å². The molecule has 2 aromatic carbocycles. The molecule has 21 heavy (non-hydrogen) atoms. The molecule has 0 aliphatic rings. The van der Waals surface area contributed by atoms with Gasteiger partial charge in [0, 0.05) is 34.9 Å². The van der Waals surface area contributed by atoms with Crippen LogP contribution in [0.5, 0.6) is 5.75 Å². The minimum atomic E-state index is -0.493. The maximum atomic E-state index is 12.2. The van der Waals surface area contributed by atoms with Gasteiger partial charge in [-0.15, -0.1) is 0 Å². The second kappa shape index (κ2) is 5.13. The largest absolute Gasteiger partial charge is 0.507 e. The van der Waals surface area contributed by atoms with E-state index < -0.39 is 5.91 Å². The summed E-state index contributed by atoms with van der Waals surface area (Å²) in [5.41, 5.74) is 0.223. The number of phenols is 1. The number of H-pyrrole nitrogens is 1. The molecule has 0 aliphatic heterocycles. The number of carbonyl (C=O) groups excluding carboxylic acids is 1. The quantitative estimate of drug-likeness (QED) is 0.674. The summed E-state index contributed by atoms with van der Waals surface area (Å²) >= 11 is 0. The average Bonchev–Trinajstić information content (AvgIpc) is 2.49. The Morgan fingerprint density at radius 2 is 1.81 bits per heavy atom. The molecule has 3 N–H and O–H groups in total. The first-order chi connectivity index (χ1) is 10.2. The van der Waals surface area contributed by atoms with Crippen molar-refractivity contribution >= 4 is 22.4 Å². The van der Waals surface area contributed by atoms with E-state index >= 15 is 0 Å². The van der Waals surface area contributed by atoms with Crippen LogP contribution in [0.4, 0.5) is 5.69 Å². The third-order valence-electron chi connectivity index (χ3n) is 3.22.